The molecule has 42 heavy (non-hydrogen) atoms. The van der Waals surface area contributed by atoms with Crippen LogP contribution in [0.2, 0.25) is 0 Å². The number of rotatable bonds is 7. The number of likely N-dealkylation sites (tertiary alicyclic amines) is 2. The summed E-state index contributed by atoms with van der Waals surface area (Å²) in [4.78, 5) is 17.4. The van der Waals surface area contributed by atoms with Crippen LogP contribution in [0.3, 0.4) is 0 Å². The first-order valence-electron chi connectivity index (χ1n) is 14.5. The van der Waals surface area contributed by atoms with Crippen molar-refractivity contribution in [1.29, 1.82) is 0 Å². The van der Waals surface area contributed by atoms with Gasteiger partial charge in [0.2, 0.25) is 5.91 Å². The smallest absolute Gasteiger partial charge is 0.370 e. The number of benzene rings is 2. The Kier molecular flexibility index (Phi) is 8.90. The van der Waals surface area contributed by atoms with Crippen LogP contribution in [0.5, 0.6) is 0 Å². The summed E-state index contributed by atoms with van der Waals surface area (Å²) in [6, 6.07) is 7.30. The van der Waals surface area contributed by atoms with Crippen molar-refractivity contribution in [3.05, 3.63) is 70.5 Å². The van der Waals surface area contributed by atoms with Gasteiger partial charge in [0.15, 0.2) is 0 Å². The fraction of sp³-hybridized carbons (Fsp3) is 0.581. The van der Waals surface area contributed by atoms with Crippen molar-refractivity contribution in [1.82, 2.24) is 9.80 Å². The molecule has 2 aliphatic heterocycles. The molecule has 3 fully saturated rings. The van der Waals surface area contributed by atoms with E-state index in [1.165, 1.54) is 19.1 Å². The van der Waals surface area contributed by atoms with E-state index < -0.39 is 41.5 Å². The van der Waals surface area contributed by atoms with Crippen molar-refractivity contribution in [2.24, 2.45) is 5.92 Å². The lowest BCUT2D eigenvalue weighted by atomic mass is 9.86. The number of carbonyl (C=O) groups excluding carboxylic acids is 1. The average Bonchev–Trinajstić information content (AvgIpc) is 3.70. The molecule has 2 saturated heterocycles. The van der Waals surface area contributed by atoms with E-state index in [1.807, 2.05) is 4.90 Å². The minimum atomic E-state index is -4.95. The van der Waals surface area contributed by atoms with E-state index in [2.05, 4.69) is 4.90 Å². The van der Waals surface area contributed by atoms with E-state index in [-0.39, 0.29) is 35.4 Å². The van der Waals surface area contributed by atoms with Crippen LogP contribution in [0, 0.1) is 11.7 Å². The quantitative estimate of drug-likeness (QED) is 0.307. The highest BCUT2D eigenvalue weighted by Crippen LogP contribution is 2.45. The molecule has 2 aromatic rings. The first-order chi connectivity index (χ1) is 19.8. The van der Waals surface area contributed by atoms with Crippen molar-refractivity contribution in [3.8, 4) is 0 Å². The van der Waals surface area contributed by atoms with E-state index >= 15 is 0 Å². The van der Waals surface area contributed by atoms with Gasteiger partial charge in [-0.05, 0) is 99.4 Å². The van der Waals surface area contributed by atoms with Gasteiger partial charge in [-0.1, -0.05) is 12.1 Å². The molecule has 0 bridgehead atoms. The van der Waals surface area contributed by atoms with Crippen molar-refractivity contribution >= 4 is 5.91 Å². The Morgan fingerprint density at radius 3 is 2.10 bits per heavy atom. The van der Waals surface area contributed by atoms with Gasteiger partial charge in [0.1, 0.15) is 5.82 Å². The van der Waals surface area contributed by atoms with Crippen LogP contribution in [0.15, 0.2) is 42.5 Å². The van der Waals surface area contributed by atoms with E-state index in [1.54, 1.807) is 12.1 Å². The normalized spacial score (nSPS) is 26.2. The first-order valence-corrected chi connectivity index (χ1v) is 14.5. The van der Waals surface area contributed by atoms with Crippen LogP contribution in [0.4, 0.5) is 30.7 Å². The van der Waals surface area contributed by atoms with Gasteiger partial charge in [-0.2, -0.15) is 26.3 Å². The van der Waals surface area contributed by atoms with Crippen molar-refractivity contribution in [3.63, 3.8) is 0 Å². The molecule has 1 aliphatic carbocycles. The summed E-state index contributed by atoms with van der Waals surface area (Å²) in [5.74, 6) is -0.540. The molecule has 1 amide bonds. The van der Waals surface area contributed by atoms with E-state index in [4.69, 9.17) is 4.74 Å². The first kappa shape index (κ1) is 30.8. The zero-order valence-electron chi connectivity index (χ0n) is 23.4. The third kappa shape index (κ3) is 6.77. The van der Waals surface area contributed by atoms with E-state index in [0.717, 1.165) is 50.9 Å². The third-order valence-corrected chi connectivity index (χ3v) is 8.98. The Bertz CT molecular complexity index is 1210. The predicted octanol–water partition coefficient (Wildman–Crippen LogP) is 7.59. The molecule has 5 rings (SSSR count). The second-order valence-corrected chi connectivity index (χ2v) is 11.8. The molecule has 0 N–H and O–H groups in total. The van der Waals surface area contributed by atoms with Crippen LogP contribution in [0.1, 0.15) is 79.7 Å². The summed E-state index contributed by atoms with van der Waals surface area (Å²) in [6.07, 6.45) is -6.59. The number of hydrogen-bond donors (Lipinski definition) is 0. The SMILES string of the molecule is CC(OC1CCC(CN2CCCC2C(=O)N2CCCC2)C1c1ccc(F)cc1)c1cc(C(F)(F)F)cc(C(F)(F)F)c1. The molecule has 2 heterocycles. The van der Waals surface area contributed by atoms with Gasteiger partial charge in [0, 0.05) is 25.6 Å². The highest BCUT2D eigenvalue weighted by Gasteiger charge is 2.43. The van der Waals surface area contributed by atoms with Crippen molar-refractivity contribution in [2.45, 2.75) is 82.0 Å². The van der Waals surface area contributed by atoms with E-state index in [0.29, 0.717) is 31.5 Å². The van der Waals surface area contributed by atoms with Crippen LogP contribution in [-0.2, 0) is 21.9 Å². The second kappa shape index (κ2) is 12.1. The van der Waals surface area contributed by atoms with E-state index in [9.17, 15) is 35.5 Å². The average molecular weight is 601 g/mol. The van der Waals surface area contributed by atoms with Crippen molar-refractivity contribution in [2.75, 3.05) is 26.2 Å². The molecule has 3 aliphatic rings. The van der Waals surface area contributed by atoms with Crippen LogP contribution in [0.25, 0.3) is 0 Å². The number of ether oxygens (including phenoxy) is 1. The molecule has 5 unspecified atom stereocenters. The van der Waals surface area contributed by atoms with Gasteiger partial charge in [-0.3, -0.25) is 9.69 Å². The summed E-state index contributed by atoms with van der Waals surface area (Å²) in [6.45, 7) is 4.36. The number of hydrogen-bond acceptors (Lipinski definition) is 3. The Balaban J connectivity index is 1.38. The highest BCUT2D eigenvalue weighted by molar-refractivity contribution is 5.82. The molecule has 2 aromatic carbocycles. The second-order valence-electron chi connectivity index (χ2n) is 11.8. The van der Waals surface area contributed by atoms with Gasteiger partial charge in [0.05, 0.1) is 29.4 Å². The van der Waals surface area contributed by atoms with Gasteiger partial charge >= 0.3 is 12.4 Å². The molecule has 0 radical (unpaired) electrons. The summed E-state index contributed by atoms with van der Waals surface area (Å²) in [7, 11) is 0. The third-order valence-electron chi connectivity index (χ3n) is 8.98. The van der Waals surface area contributed by atoms with Crippen LogP contribution in [-0.4, -0.2) is 54.0 Å². The molecule has 0 spiro atoms. The monoisotopic (exact) mass is 600 g/mol. The highest BCUT2D eigenvalue weighted by atomic mass is 19.4. The summed E-state index contributed by atoms with van der Waals surface area (Å²) in [5, 5.41) is 0. The Morgan fingerprint density at radius 1 is 0.881 bits per heavy atom. The molecule has 11 heteroatoms. The lowest BCUT2D eigenvalue weighted by Gasteiger charge is -2.33. The summed E-state index contributed by atoms with van der Waals surface area (Å²) < 4.78 is 101. The van der Waals surface area contributed by atoms with Gasteiger partial charge in [0.25, 0.3) is 0 Å². The molecular weight excluding hydrogens is 565 g/mol. The lowest BCUT2D eigenvalue weighted by molar-refractivity contribution is -0.143. The van der Waals surface area contributed by atoms with Gasteiger partial charge in [-0.15, -0.1) is 0 Å². The van der Waals surface area contributed by atoms with Crippen LogP contribution < -0.4 is 0 Å². The molecule has 0 aromatic heterocycles. The molecule has 4 nitrogen and oxygen atoms in total. The maximum Gasteiger partial charge on any atom is 0.416 e. The Hall–Kier alpha value is -2.66. The lowest BCUT2D eigenvalue weighted by Crippen LogP contribution is -2.46. The number of halogens is 7. The Labute approximate surface area is 240 Å². The largest absolute Gasteiger partial charge is 0.416 e. The molecule has 230 valence electrons. The minimum Gasteiger partial charge on any atom is -0.370 e. The minimum absolute atomic E-state index is 0.00637. The number of amides is 1. The topological polar surface area (TPSA) is 32.8 Å². The maximum absolute atomic E-state index is 13.8. The Morgan fingerprint density at radius 2 is 1.50 bits per heavy atom. The molecule has 1 saturated carbocycles. The number of carbonyl (C=O) groups is 1. The standard InChI is InChI=1S/C31H35F7N2O2/c1-19(22-15-23(30(33,34)35)17-24(16-22)31(36,37)38)42-27-11-8-21(28(27)20-6-9-25(32)10-7-20)18-40-14-4-5-26(40)29(41)39-12-2-3-13-39/h6-7,9-10,15-17,19,21,26-28H,2-5,8,11-14,18H2,1H3. The number of nitrogens with zero attached hydrogens (tertiary/aromatic N) is 2. The molecular formula is C31H35F7N2O2. The predicted molar refractivity (Wildman–Crippen MR) is 142 cm³/mol. The zero-order valence-corrected chi connectivity index (χ0v) is 23.4. The fourth-order valence-corrected chi connectivity index (χ4v) is 6.90. The number of alkyl halides is 6. The molecule has 5 atom stereocenters. The summed E-state index contributed by atoms with van der Waals surface area (Å²) in [5.41, 5.74) is -2.19. The summed E-state index contributed by atoms with van der Waals surface area (Å²) >= 11 is 0. The van der Waals surface area contributed by atoms with Gasteiger partial charge in [-0.25, -0.2) is 4.39 Å². The van der Waals surface area contributed by atoms with Crippen LogP contribution >= 0.6 is 0 Å². The van der Waals surface area contributed by atoms with Gasteiger partial charge < -0.3 is 9.64 Å². The fourth-order valence-electron chi connectivity index (χ4n) is 6.90. The maximum atomic E-state index is 13.8. The van der Waals surface area contributed by atoms with Crippen molar-refractivity contribution < 1.29 is 40.3 Å². The zero-order chi connectivity index (χ0) is 30.2.